The second-order valence-corrected chi connectivity index (χ2v) is 7.91. The standard InChI is InChI=1S/C22H16BrFN8O/c23-13-4-1-12(16(24)7-13)9-33-14-5-2-11(3-6-14)19-17-18(27)15(8-25)20(28)31-21(17)32-22(30-19)29-10-26/h1-7,19H,9H2,(H6,27,28,29,30,31,32). The van der Waals surface area contributed by atoms with Crippen LogP contribution in [0.25, 0.3) is 0 Å². The third-order valence-electron chi connectivity index (χ3n) is 4.96. The number of rotatable bonds is 4. The smallest absolute Gasteiger partial charge is 0.211 e. The minimum atomic E-state index is -0.657. The van der Waals surface area contributed by atoms with Gasteiger partial charge in [-0.05, 0) is 29.8 Å². The van der Waals surface area contributed by atoms with Crippen molar-refractivity contribution in [2.75, 3.05) is 16.8 Å². The molecule has 2 heterocycles. The second kappa shape index (κ2) is 9.02. The Labute approximate surface area is 196 Å². The Kier molecular flexibility index (Phi) is 5.98. The summed E-state index contributed by atoms with van der Waals surface area (Å²) in [5.41, 5.74) is 13.9. The van der Waals surface area contributed by atoms with Gasteiger partial charge in [-0.1, -0.05) is 34.1 Å². The van der Waals surface area contributed by atoms with Crippen LogP contribution in [0.4, 0.5) is 21.7 Å². The molecule has 9 nitrogen and oxygen atoms in total. The molecule has 0 fully saturated rings. The van der Waals surface area contributed by atoms with Crippen molar-refractivity contribution >= 4 is 39.2 Å². The van der Waals surface area contributed by atoms with Gasteiger partial charge in [0.05, 0.1) is 5.69 Å². The monoisotopic (exact) mass is 506 g/mol. The Morgan fingerprint density at radius 1 is 1.18 bits per heavy atom. The normalized spacial score (nSPS) is 14.2. The number of anilines is 3. The van der Waals surface area contributed by atoms with Crippen LogP contribution < -0.4 is 26.8 Å². The summed E-state index contributed by atoms with van der Waals surface area (Å²) in [5, 5.41) is 23.7. The van der Waals surface area contributed by atoms with Crippen LogP contribution in [0.3, 0.4) is 0 Å². The first-order valence-electron chi connectivity index (χ1n) is 9.56. The number of nitriles is 2. The summed E-state index contributed by atoms with van der Waals surface area (Å²) in [7, 11) is 0. The van der Waals surface area contributed by atoms with Crippen LogP contribution in [0.5, 0.6) is 5.75 Å². The van der Waals surface area contributed by atoms with Gasteiger partial charge in [-0.25, -0.2) is 14.4 Å². The van der Waals surface area contributed by atoms with E-state index in [1.807, 2.05) is 6.07 Å². The number of nitrogens with two attached hydrogens (primary N) is 2. The fourth-order valence-electron chi connectivity index (χ4n) is 3.37. The summed E-state index contributed by atoms with van der Waals surface area (Å²) in [5.74, 6) is 0.595. The molecule has 33 heavy (non-hydrogen) atoms. The molecular formula is C22H16BrFN8O. The van der Waals surface area contributed by atoms with Crippen LogP contribution in [-0.2, 0) is 6.61 Å². The zero-order valence-corrected chi connectivity index (χ0v) is 18.5. The highest BCUT2D eigenvalue weighted by atomic mass is 79.9. The van der Waals surface area contributed by atoms with Gasteiger partial charge in [0.15, 0.2) is 6.19 Å². The van der Waals surface area contributed by atoms with Gasteiger partial charge in [0.1, 0.15) is 47.5 Å². The van der Waals surface area contributed by atoms with Gasteiger partial charge >= 0.3 is 0 Å². The summed E-state index contributed by atoms with van der Waals surface area (Å²) >= 11 is 3.23. The predicted octanol–water partition coefficient (Wildman–Crippen LogP) is 3.54. The second-order valence-electron chi connectivity index (χ2n) is 7.00. The molecule has 1 aliphatic heterocycles. The molecule has 2 aromatic carbocycles. The van der Waals surface area contributed by atoms with Crippen LogP contribution in [-0.4, -0.2) is 10.9 Å². The average Bonchev–Trinajstić information content (AvgIpc) is 2.79. The number of benzene rings is 2. The van der Waals surface area contributed by atoms with Crippen LogP contribution in [0, 0.1) is 28.6 Å². The largest absolute Gasteiger partial charge is 0.489 e. The number of aliphatic imine (C=N–C) groups is 1. The number of nitrogens with zero attached hydrogens (tertiary/aromatic N) is 4. The number of pyridine rings is 1. The summed E-state index contributed by atoms with van der Waals surface area (Å²) < 4.78 is 20.4. The lowest BCUT2D eigenvalue weighted by Crippen LogP contribution is -2.32. The van der Waals surface area contributed by atoms with Crippen molar-refractivity contribution in [2.45, 2.75) is 12.6 Å². The molecule has 6 N–H and O–H groups in total. The number of nitrogen functional groups attached to an aromatic ring is 2. The lowest BCUT2D eigenvalue weighted by Gasteiger charge is -2.26. The number of ether oxygens (including phenoxy) is 1. The molecule has 0 spiro atoms. The topological polar surface area (TPSA) is 158 Å². The molecule has 1 aliphatic rings. The minimum Gasteiger partial charge on any atom is -0.489 e. The Morgan fingerprint density at radius 2 is 1.94 bits per heavy atom. The highest BCUT2D eigenvalue weighted by molar-refractivity contribution is 9.10. The fourth-order valence-corrected chi connectivity index (χ4v) is 3.70. The number of guanidine groups is 1. The number of fused-ring (bicyclic) bond motifs is 1. The van der Waals surface area contributed by atoms with Crippen molar-refractivity contribution in [2.24, 2.45) is 4.99 Å². The third-order valence-corrected chi connectivity index (χ3v) is 5.46. The molecule has 0 aliphatic carbocycles. The lowest BCUT2D eigenvalue weighted by atomic mass is 9.95. The molecule has 11 heteroatoms. The molecule has 1 aromatic heterocycles. The van der Waals surface area contributed by atoms with Crippen molar-refractivity contribution in [1.82, 2.24) is 10.3 Å². The first kappa shape index (κ1) is 21.9. The molecular weight excluding hydrogens is 491 g/mol. The van der Waals surface area contributed by atoms with Gasteiger partial charge in [0.2, 0.25) is 5.96 Å². The zero-order chi connectivity index (χ0) is 23.5. The zero-order valence-electron chi connectivity index (χ0n) is 16.9. The Balaban J connectivity index is 1.64. The van der Waals surface area contributed by atoms with E-state index in [1.165, 1.54) is 6.07 Å². The summed E-state index contributed by atoms with van der Waals surface area (Å²) in [6.07, 6.45) is 1.80. The maximum absolute atomic E-state index is 14.0. The summed E-state index contributed by atoms with van der Waals surface area (Å²) in [6, 6.07) is 13.0. The van der Waals surface area contributed by atoms with Crippen molar-refractivity contribution in [3.8, 4) is 18.0 Å². The van der Waals surface area contributed by atoms with E-state index in [0.29, 0.717) is 32.7 Å². The van der Waals surface area contributed by atoms with E-state index < -0.39 is 6.04 Å². The molecule has 0 saturated carbocycles. The number of hydrogen-bond acceptors (Lipinski definition) is 9. The van der Waals surface area contributed by atoms with Gasteiger partial charge in [-0.2, -0.15) is 10.5 Å². The van der Waals surface area contributed by atoms with Gasteiger partial charge in [-0.15, -0.1) is 0 Å². The summed E-state index contributed by atoms with van der Waals surface area (Å²) in [6.45, 7) is 0.0602. The van der Waals surface area contributed by atoms with E-state index in [-0.39, 0.29) is 35.5 Å². The van der Waals surface area contributed by atoms with E-state index >= 15 is 0 Å². The van der Waals surface area contributed by atoms with Crippen molar-refractivity contribution in [3.05, 3.63) is 75.0 Å². The number of nitrogens with one attached hydrogen (secondary N) is 2. The number of hydrogen-bond donors (Lipinski definition) is 4. The molecule has 0 amide bonds. The SMILES string of the molecule is N#CNC1=NC(c2ccc(OCc3ccc(Br)cc3F)cc2)c2c(nc(N)c(C#N)c2N)N1. The van der Waals surface area contributed by atoms with Gasteiger partial charge in [0, 0.05) is 15.6 Å². The van der Waals surface area contributed by atoms with Crippen LogP contribution in [0.1, 0.15) is 28.3 Å². The molecule has 1 unspecified atom stereocenters. The molecule has 3 aromatic rings. The van der Waals surface area contributed by atoms with Gasteiger partial charge in [-0.3, -0.25) is 5.32 Å². The minimum absolute atomic E-state index is 0.0258. The average molecular weight is 507 g/mol. The fraction of sp³-hybridized carbons (Fsp3) is 0.0909. The lowest BCUT2D eigenvalue weighted by molar-refractivity contribution is 0.299. The van der Waals surface area contributed by atoms with E-state index in [1.54, 1.807) is 42.6 Å². The third kappa shape index (κ3) is 4.35. The van der Waals surface area contributed by atoms with Gasteiger partial charge in [0.25, 0.3) is 0 Å². The molecule has 4 rings (SSSR count). The quantitative estimate of drug-likeness (QED) is 0.308. The van der Waals surface area contributed by atoms with Crippen LogP contribution >= 0.6 is 15.9 Å². The number of halogens is 2. The highest BCUT2D eigenvalue weighted by Gasteiger charge is 2.29. The van der Waals surface area contributed by atoms with Gasteiger partial charge < -0.3 is 21.5 Å². The van der Waals surface area contributed by atoms with E-state index in [9.17, 15) is 9.65 Å². The van der Waals surface area contributed by atoms with E-state index in [2.05, 4.69) is 36.5 Å². The Morgan fingerprint density at radius 3 is 2.61 bits per heavy atom. The van der Waals surface area contributed by atoms with Crippen molar-refractivity contribution < 1.29 is 9.13 Å². The molecule has 0 radical (unpaired) electrons. The van der Waals surface area contributed by atoms with Crippen molar-refractivity contribution in [3.63, 3.8) is 0 Å². The first-order valence-corrected chi connectivity index (χ1v) is 10.4. The van der Waals surface area contributed by atoms with E-state index in [4.69, 9.17) is 21.5 Å². The molecule has 1 atom stereocenters. The predicted molar refractivity (Wildman–Crippen MR) is 124 cm³/mol. The maximum atomic E-state index is 14.0. The summed E-state index contributed by atoms with van der Waals surface area (Å²) in [4.78, 5) is 8.72. The van der Waals surface area contributed by atoms with E-state index in [0.717, 1.165) is 0 Å². The first-order chi connectivity index (χ1) is 15.9. The maximum Gasteiger partial charge on any atom is 0.211 e. The van der Waals surface area contributed by atoms with Crippen molar-refractivity contribution in [1.29, 1.82) is 10.5 Å². The molecule has 164 valence electrons. The van der Waals surface area contributed by atoms with Crippen LogP contribution in [0.15, 0.2) is 51.9 Å². The number of aromatic nitrogens is 1. The Bertz CT molecular complexity index is 1340. The van der Waals surface area contributed by atoms with Crippen LogP contribution in [0.2, 0.25) is 0 Å². The Hall–Kier alpha value is -4.35. The molecule has 0 bridgehead atoms. The molecule has 0 saturated heterocycles. The highest BCUT2D eigenvalue weighted by Crippen LogP contribution is 2.40.